The highest BCUT2D eigenvalue weighted by molar-refractivity contribution is 6.37. The number of esters is 1. The molecule has 0 aliphatic carbocycles. The van der Waals surface area contributed by atoms with Gasteiger partial charge in [0, 0.05) is 29.1 Å². The minimum Gasteiger partial charge on any atom is -0.465 e. The molecule has 184 valence electrons. The molecule has 4 rings (SSSR count). The van der Waals surface area contributed by atoms with Crippen molar-refractivity contribution in [2.45, 2.75) is 13.3 Å². The van der Waals surface area contributed by atoms with Gasteiger partial charge in [0.1, 0.15) is 0 Å². The van der Waals surface area contributed by atoms with Crippen LogP contribution in [-0.2, 0) is 20.7 Å². The van der Waals surface area contributed by atoms with Crippen molar-refractivity contribution in [2.24, 2.45) is 0 Å². The third-order valence-electron chi connectivity index (χ3n) is 5.66. The number of carbonyl (C=O) groups is 2. The largest absolute Gasteiger partial charge is 0.465 e. The minimum absolute atomic E-state index is 0.0870. The molecular formula is C27H26N4O5. The summed E-state index contributed by atoms with van der Waals surface area (Å²) in [5.74, 6) is -0.609. The zero-order valence-electron chi connectivity index (χ0n) is 19.7. The Bertz CT molecular complexity index is 1300. The van der Waals surface area contributed by atoms with E-state index in [-0.39, 0.29) is 24.1 Å². The van der Waals surface area contributed by atoms with Crippen molar-refractivity contribution in [1.82, 2.24) is 5.32 Å². The van der Waals surface area contributed by atoms with Crippen LogP contribution >= 0.6 is 0 Å². The van der Waals surface area contributed by atoms with Crippen molar-refractivity contribution in [3.63, 3.8) is 0 Å². The van der Waals surface area contributed by atoms with Crippen LogP contribution in [0.4, 0.5) is 17.1 Å². The molecule has 3 aromatic rings. The van der Waals surface area contributed by atoms with Gasteiger partial charge < -0.3 is 20.7 Å². The summed E-state index contributed by atoms with van der Waals surface area (Å²) in [5, 5.41) is 20.6. The number of nitro benzene ring substituents is 1. The Hall–Kier alpha value is -4.50. The normalized spacial score (nSPS) is 13.5. The molecule has 3 N–H and O–H groups in total. The first-order valence-electron chi connectivity index (χ1n) is 11.6. The molecule has 0 bridgehead atoms. The van der Waals surface area contributed by atoms with Gasteiger partial charge in [0.15, 0.2) is 0 Å². The van der Waals surface area contributed by atoms with E-state index in [1.165, 1.54) is 12.1 Å². The average Bonchev–Trinajstić information content (AvgIpc) is 3.21. The molecule has 9 heteroatoms. The van der Waals surface area contributed by atoms with Crippen LogP contribution in [0, 0.1) is 10.1 Å². The Kier molecular flexibility index (Phi) is 7.72. The van der Waals surface area contributed by atoms with Crippen LogP contribution in [0.25, 0.3) is 11.3 Å². The number of hydrogen-bond donors (Lipinski definition) is 3. The van der Waals surface area contributed by atoms with Crippen molar-refractivity contribution in [1.29, 1.82) is 0 Å². The SMILES string of the molecule is CCOC(=O)CNCCc1ccc(N/C(=C2\C(=O)Nc3ccc([N+](=O)[O-])cc32)c2ccccc2)cc1. The topological polar surface area (TPSA) is 123 Å². The van der Waals surface area contributed by atoms with Crippen LogP contribution in [0.1, 0.15) is 23.6 Å². The molecule has 0 radical (unpaired) electrons. The molecule has 0 spiro atoms. The maximum absolute atomic E-state index is 13.0. The third-order valence-corrected chi connectivity index (χ3v) is 5.66. The van der Waals surface area contributed by atoms with E-state index in [0.29, 0.717) is 35.7 Å². The molecule has 1 heterocycles. The monoisotopic (exact) mass is 486 g/mol. The molecule has 0 unspecified atom stereocenters. The predicted octanol–water partition coefficient (Wildman–Crippen LogP) is 4.22. The lowest BCUT2D eigenvalue weighted by molar-refractivity contribution is -0.384. The van der Waals surface area contributed by atoms with Gasteiger partial charge in [-0.05, 0) is 49.2 Å². The number of nitrogens with one attached hydrogen (secondary N) is 3. The summed E-state index contributed by atoms with van der Waals surface area (Å²) in [5.41, 5.74) is 4.42. The van der Waals surface area contributed by atoms with Crippen molar-refractivity contribution in [2.75, 3.05) is 30.3 Å². The Balaban J connectivity index is 1.58. The van der Waals surface area contributed by atoms with Gasteiger partial charge in [0.2, 0.25) is 0 Å². The number of nitro groups is 1. The van der Waals surface area contributed by atoms with Gasteiger partial charge in [-0.15, -0.1) is 0 Å². The smallest absolute Gasteiger partial charge is 0.319 e. The zero-order valence-corrected chi connectivity index (χ0v) is 19.7. The van der Waals surface area contributed by atoms with Gasteiger partial charge in [-0.25, -0.2) is 0 Å². The second kappa shape index (κ2) is 11.3. The first-order chi connectivity index (χ1) is 17.5. The van der Waals surface area contributed by atoms with Crippen molar-refractivity contribution in [3.05, 3.63) is 99.6 Å². The second-order valence-electron chi connectivity index (χ2n) is 8.11. The Morgan fingerprint density at radius 2 is 1.81 bits per heavy atom. The van der Waals surface area contributed by atoms with E-state index in [4.69, 9.17) is 4.74 Å². The number of rotatable bonds is 10. The number of benzene rings is 3. The van der Waals surface area contributed by atoms with Crippen LogP contribution < -0.4 is 16.0 Å². The number of hydrogen-bond acceptors (Lipinski definition) is 7. The third kappa shape index (κ3) is 5.76. The number of nitrogens with zero attached hydrogens (tertiary/aromatic N) is 1. The standard InChI is InChI=1S/C27H26N4O5/c1-2-36-24(32)17-28-15-14-18-8-10-20(11-9-18)29-26(19-6-4-3-5-7-19)25-22-16-21(31(34)35)12-13-23(22)30-27(25)33/h3-13,16,28-29H,2,14-15,17H2,1H3,(H,30,33)/b26-25-. The van der Waals surface area contributed by atoms with E-state index in [0.717, 1.165) is 23.2 Å². The Labute approximate surface area is 208 Å². The molecular weight excluding hydrogens is 460 g/mol. The van der Waals surface area contributed by atoms with Gasteiger partial charge in [0.05, 0.1) is 29.3 Å². The lowest BCUT2D eigenvalue weighted by Crippen LogP contribution is -2.26. The fourth-order valence-electron chi connectivity index (χ4n) is 3.94. The van der Waals surface area contributed by atoms with E-state index in [1.54, 1.807) is 13.0 Å². The summed E-state index contributed by atoms with van der Waals surface area (Å²) in [4.78, 5) is 35.3. The van der Waals surface area contributed by atoms with Crippen molar-refractivity contribution >= 4 is 40.2 Å². The highest BCUT2D eigenvalue weighted by Gasteiger charge is 2.30. The molecule has 0 atom stereocenters. The molecule has 0 saturated heterocycles. The van der Waals surface area contributed by atoms with Crippen LogP contribution in [0.5, 0.6) is 0 Å². The molecule has 0 aromatic heterocycles. The number of amides is 1. The Morgan fingerprint density at radius 1 is 1.06 bits per heavy atom. The Morgan fingerprint density at radius 3 is 2.50 bits per heavy atom. The number of carbonyl (C=O) groups excluding carboxylic acids is 2. The fraction of sp³-hybridized carbons (Fsp3) is 0.185. The number of non-ortho nitro benzene ring substituents is 1. The molecule has 1 aliphatic heterocycles. The molecule has 0 saturated carbocycles. The van der Waals surface area contributed by atoms with Gasteiger partial charge in [0.25, 0.3) is 11.6 Å². The number of fused-ring (bicyclic) bond motifs is 1. The summed E-state index contributed by atoms with van der Waals surface area (Å²) in [6, 6.07) is 21.5. The number of anilines is 2. The summed E-state index contributed by atoms with van der Waals surface area (Å²) in [6.45, 7) is 2.93. The molecule has 0 fully saturated rings. The van der Waals surface area contributed by atoms with Crippen LogP contribution in [-0.4, -0.2) is 36.5 Å². The maximum Gasteiger partial charge on any atom is 0.319 e. The van der Waals surface area contributed by atoms with E-state index >= 15 is 0 Å². The van der Waals surface area contributed by atoms with Crippen molar-refractivity contribution in [3.8, 4) is 0 Å². The van der Waals surface area contributed by atoms with Gasteiger partial charge >= 0.3 is 5.97 Å². The predicted molar refractivity (Wildman–Crippen MR) is 138 cm³/mol. The van der Waals surface area contributed by atoms with E-state index in [2.05, 4.69) is 16.0 Å². The zero-order chi connectivity index (χ0) is 25.5. The van der Waals surface area contributed by atoms with E-state index < -0.39 is 4.92 Å². The molecule has 9 nitrogen and oxygen atoms in total. The lowest BCUT2D eigenvalue weighted by atomic mass is 9.99. The first-order valence-corrected chi connectivity index (χ1v) is 11.6. The average molecular weight is 487 g/mol. The van der Waals surface area contributed by atoms with E-state index in [9.17, 15) is 19.7 Å². The van der Waals surface area contributed by atoms with Gasteiger partial charge in [-0.2, -0.15) is 0 Å². The lowest BCUT2D eigenvalue weighted by Gasteiger charge is -2.15. The summed E-state index contributed by atoms with van der Waals surface area (Å²) < 4.78 is 4.90. The first kappa shape index (κ1) is 24.6. The minimum atomic E-state index is -0.476. The summed E-state index contributed by atoms with van der Waals surface area (Å²) in [7, 11) is 0. The fourth-order valence-corrected chi connectivity index (χ4v) is 3.94. The van der Waals surface area contributed by atoms with E-state index in [1.807, 2.05) is 54.6 Å². The van der Waals surface area contributed by atoms with Crippen LogP contribution in [0.2, 0.25) is 0 Å². The number of ether oxygens (including phenoxy) is 1. The van der Waals surface area contributed by atoms with Crippen molar-refractivity contribution < 1.29 is 19.2 Å². The van der Waals surface area contributed by atoms with Gasteiger partial charge in [-0.1, -0.05) is 42.5 Å². The highest BCUT2D eigenvalue weighted by atomic mass is 16.6. The summed E-state index contributed by atoms with van der Waals surface area (Å²) >= 11 is 0. The van der Waals surface area contributed by atoms with Crippen LogP contribution in [0.15, 0.2) is 72.8 Å². The maximum atomic E-state index is 13.0. The van der Waals surface area contributed by atoms with Crippen LogP contribution in [0.3, 0.4) is 0 Å². The molecule has 3 aromatic carbocycles. The molecule has 1 amide bonds. The van der Waals surface area contributed by atoms with Gasteiger partial charge in [-0.3, -0.25) is 19.7 Å². The highest BCUT2D eigenvalue weighted by Crippen LogP contribution is 2.39. The second-order valence-corrected chi connectivity index (χ2v) is 8.11. The summed E-state index contributed by atoms with van der Waals surface area (Å²) in [6.07, 6.45) is 0.728. The molecule has 36 heavy (non-hydrogen) atoms. The quantitative estimate of drug-likeness (QED) is 0.129. The molecule has 1 aliphatic rings.